The van der Waals surface area contributed by atoms with Crippen LogP contribution in [0.5, 0.6) is 0 Å². The van der Waals surface area contributed by atoms with E-state index in [0.29, 0.717) is 58.9 Å². The van der Waals surface area contributed by atoms with Gasteiger partial charge in [0.1, 0.15) is 0 Å². The summed E-state index contributed by atoms with van der Waals surface area (Å²) in [6.45, 7) is 12.7. The summed E-state index contributed by atoms with van der Waals surface area (Å²) in [5, 5.41) is 21.8. The predicted molar refractivity (Wildman–Crippen MR) is 161 cm³/mol. The number of nitrogens with one attached hydrogen (secondary N) is 1. The Balaban J connectivity index is 1.90. The summed E-state index contributed by atoms with van der Waals surface area (Å²) in [5.41, 5.74) is 4.05. The van der Waals surface area contributed by atoms with Gasteiger partial charge in [0.05, 0.1) is 19.6 Å². The number of amides is 1. The zero-order valence-corrected chi connectivity index (χ0v) is 25.4. The quantitative estimate of drug-likeness (QED) is 0.281. The third-order valence-electron chi connectivity index (χ3n) is 7.23. The number of nitrogens with zero attached hydrogens (tertiary/aromatic N) is 4. The number of rotatable bonds is 14. The van der Waals surface area contributed by atoms with E-state index in [0.717, 1.165) is 30.9 Å². The normalized spacial score (nSPS) is 17.2. The standard InChI is InChI=1S/C29H49N5O5S/c1-4-24-17-25(5-2)19-26(18-24)23-40-16-7-30-27(35)20-32-12-14-33(21-28(36)37)10-8-31(6-3)9-11-34(15-13-32)22-29(38)39/h17-19H,4-16,20-23H2,1-3H3,(H,30,35)(H,36,37)(H,38,39). The van der Waals surface area contributed by atoms with Crippen molar-refractivity contribution in [3.8, 4) is 0 Å². The third-order valence-corrected chi connectivity index (χ3v) is 8.26. The first-order valence-corrected chi connectivity index (χ1v) is 15.7. The summed E-state index contributed by atoms with van der Waals surface area (Å²) in [6, 6.07) is 6.80. The molecule has 1 heterocycles. The zero-order chi connectivity index (χ0) is 29.3. The molecular formula is C29H49N5O5S. The first kappa shape index (κ1) is 34.0. The fraction of sp³-hybridized carbons (Fsp3) is 0.690. The Bertz CT molecular complexity index is 880. The van der Waals surface area contributed by atoms with Gasteiger partial charge < -0.3 is 20.4 Å². The second-order valence-corrected chi connectivity index (χ2v) is 11.4. The van der Waals surface area contributed by atoms with Gasteiger partial charge in [-0.05, 0) is 36.1 Å². The maximum absolute atomic E-state index is 12.8. The lowest BCUT2D eigenvalue weighted by atomic mass is 10.0. The molecule has 10 nitrogen and oxygen atoms in total. The second-order valence-electron chi connectivity index (χ2n) is 10.3. The summed E-state index contributed by atoms with van der Waals surface area (Å²) >= 11 is 1.81. The zero-order valence-electron chi connectivity index (χ0n) is 24.6. The first-order chi connectivity index (χ1) is 19.2. The molecule has 2 rings (SSSR count). The topological polar surface area (TPSA) is 117 Å². The van der Waals surface area contributed by atoms with E-state index in [1.54, 1.807) is 11.8 Å². The Kier molecular flexibility index (Phi) is 16.2. The van der Waals surface area contributed by atoms with Crippen LogP contribution < -0.4 is 5.32 Å². The van der Waals surface area contributed by atoms with Crippen molar-refractivity contribution in [3.63, 3.8) is 0 Å². The van der Waals surface area contributed by atoms with Crippen LogP contribution in [0.1, 0.15) is 37.5 Å². The maximum atomic E-state index is 12.8. The summed E-state index contributed by atoms with van der Waals surface area (Å²) in [6.07, 6.45) is 2.05. The molecule has 1 aromatic carbocycles. The van der Waals surface area contributed by atoms with Crippen LogP contribution in [0.4, 0.5) is 0 Å². The van der Waals surface area contributed by atoms with Gasteiger partial charge in [-0.3, -0.25) is 29.1 Å². The molecule has 40 heavy (non-hydrogen) atoms. The number of thioether (sulfide) groups is 1. The largest absolute Gasteiger partial charge is 0.480 e. The van der Waals surface area contributed by atoms with Crippen molar-refractivity contribution in [2.75, 3.05) is 90.8 Å². The smallest absolute Gasteiger partial charge is 0.317 e. The molecule has 3 N–H and O–H groups in total. The highest BCUT2D eigenvalue weighted by atomic mass is 32.2. The Hall–Kier alpha value is -2.18. The van der Waals surface area contributed by atoms with E-state index in [-0.39, 0.29) is 25.5 Å². The lowest BCUT2D eigenvalue weighted by Crippen LogP contribution is -2.49. The van der Waals surface area contributed by atoms with Crippen LogP contribution >= 0.6 is 11.8 Å². The molecule has 0 aliphatic carbocycles. The third kappa shape index (κ3) is 13.9. The molecule has 0 saturated carbocycles. The summed E-state index contributed by atoms with van der Waals surface area (Å²) < 4.78 is 0. The van der Waals surface area contributed by atoms with E-state index in [4.69, 9.17) is 0 Å². The fourth-order valence-corrected chi connectivity index (χ4v) is 5.59. The Morgan fingerprint density at radius 2 is 1.12 bits per heavy atom. The molecule has 0 radical (unpaired) electrons. The molecule has 0 atom stereocenters. The highest BCUT2D eigenvalue weighted by Gasteiger charge is 2.19. The van der Waals surface area contributed by atoms with E-state index in [9.17, 15) is 24.6 Å². The van der Waals surface area contributed by atoms with Crippen LogP contribution in [0.25, 0.3) is 0 Å². The highest BCUT2D eigenvalue weighted by Crippen LogP contribution is 2.17. The Morgan fingerprint density at radius 3 is 1.55 bits per heavy atom. The number of carboxylic acid groups (broad SMARTS) is 2. The van der Waals surface area contributed by atoms with E-state index in [1.165, 1.54) is 16.7 Å². The molecule has 1 saturated heterocycles. The monoisotopic (exact) mass is 579 g/mol. The highest BCUT2D eigenvalue weighted by molar-refractivity contribution is 7.98. The van der Waals surface area contributed by atoms with Gasteiger partial charge in [0, 0.05) is 70.4 Å². The summed E-state index contributed by atoms with van der Waals surface area (Å²) in [4.78, 5) is 43.7. The number of hydrogen-bond acceptors (Lipinski definition) is 8. The average Bonchev–Trinajstić information content (AvgIpc) is 2.92. The molecule has 226 valence electrons. The van der Waals surface area contributed by atoms with Gasteiger partial charge in [-0.2, -0.15) is 11.8 Å². The minimum atomic E-state index is -0.864. The number of carbonyl (C=O) groups is 3. The van der Waals surface area contributed by atoms with Crippen LogP contribution in [0.3, 0.4) is 0 Å². The minimum Gasteiger partial charge on any atom is -0.480 e. The van der Waals surface area contributed by atoms with Gasteiger partial charge in [-0.15, -0.1) is 0 Å². The molecule has 1 aromatic rings. The Labute approximate surface area is 244 Å². The number of benzene rings is 1. The van der Waals surface area contributed by atoms with Gasteiger partial charge in [0.25, 0.3) is 0 Å². The summed E-state index contributed by atoms with van der Waals surface area (Å²) in [7, 11) is 0. The SMILES string of the molecule is CCc1cc(CC)cc(CSCCNC(=O)CN2CCN(CC(=O)O)CCN(CC)CCN(CC(=O)O)CC2)c1. The van der Waals surface area contributed by atoms with Crippen LogP contribution in [-0.4, -0.2) is 138 Å². The first-order valence-electron chi connectivity index (χ1n) is 14.5. The molecule has 11 heteroatoms. The summed E-state index contributed by atoms with van der Waals surface area (Å²) in [5.74, 6) is -0.0672. The van der Waals surface area contributed by atoms with Crippen molar-refractivity contribution in [2.24, 2.45) is 0 Å². The van der Waals surface area contributed by atoms with Gasteiger partial charge in [-0.1, -0.05) is 39.0 Å². The Morgan fingerprint density at radius 1 is 0.700 bits per heavy atom. The molecule has 0 unspecified atom stereocenters. The van der Waals surface area contributed by atoms with Crippen LogP contribution in [0.15, 0.2) is 18.2 Å². The number of carbonyl (C=O) groups excluding carboxylic acids is 1. The van der Waals surface area contributed by atoms with Crippen molar-refractivity contribution < 1.29 is 24.6 Å². The lowest BCUT2D eigenvalue weighted by Gasteiger charge is -2.33. The number of hydrogen-bond donors (Lipinski definition) is 3. The van der Waals surface area contributed by atoms with Crippen LogP contribution in [0.2, 0.25) is 0 Å². The van der Waals surface area contributed by atoms with Gasteiger partial charge in [0.2, 0.25) is 5.91 Å². The molecule has 0 aromatic heterocycles. The van der Waals surface area contributed by atoms with Crippen molar-refractivity contribution in [3.05, 3.63) is 34.9 Å². The van der Waals surface area contributed by atoms with Crippen LogP contribution in [-0.2, 0) is 33.0 Å². The van der Waals surface area contributed by atoms with E-state index < -0.39 is 11.9 Å². The van der Waals surface area contributed by atoms with Gasteiger partial charge >= 0.3 is 11.9 Å². The molecule has 1 aliphatic heterocycles. The molecule has 0 spiro atoms. The average molecular weight is 580 g/mol. The molecule has 1 fully saturated rings. The van der Waals surface area contributed by atoms with E-state index in [1.807, 2.05) is 14.7 Å². The van der Waals surface area contributed by atoms with Gasteiger partial charge in [-0.25, -0.2) is 0 Å². The number of carboxylic acids is 2. The number of aliphatic carboxylic acids is 2. The molecule has 0 bridgehead atoms. The van der Waals surface area contributed by atoms with Crippen molar-refractivity contribution >= 4 is 29.6 Å². The molecule has 1 aliphatic rings. The number of aryl methyl sites for hydroxylation is 2. The molecular weight excluding hydrogens is 530 g/mol. The predicted octanol–water partition coefficient (Wildman–Crippen LogP) is 1.57. The van der Waals surface area contributed by atoms with E-state index >= 15 is 0 Å². The van der Waals surface area contributed by atoms with E-state index in [2.05, 4.69) is 49.2 Å². The van der Waals surface area contributed by atoms with Crippen molar-refractivity contribution in [1.82, 2.24) is 24.9 Å². The minimum absolute atomic E-state index is 0.0408. The number of likely N-dealkylation sites (N-methyl/N-ethyl adjacent to an activating group) is 1. The van der Waals surface area contributed by atoms with Gasteiger partial charge in [0.15, 0.2) is 0 Å². The van der Waals surface area contributed by atoms with Crippen LogP contribution in [0, 0.1) is 0 Å². The fourth-order valence-electron chi connectivity index (χ4n) is 4.79. The lowest BCUT2D eigenvalue weighted by molar-refractivity contribution is -0.139. The maximum Gasteiger partial charge on any atom is 0.317 e. The van der Waals surface area contributed by atoms with Crippen molar-refractivity contribution in [1.29, 1.82) is 0 Å². The molecule has 1 amide bonds. The second kappa shape index (κ2) is 19.0. The van der Waals surface area contributed by atoms with Crippen molar-refractivity contribution in [2.45, 2.75) is 39.4 Å².